The summed E-state index contributed by atoms with van der Waals surface area (Å²) in [5, 5.41) is 17.5. The molecular formula is C20H17N5OS. The molecule has 0 spiro atoms. The van der Waals surface area contributed by atoms with E-state index in [4.69, 9.17) is 0 Å². The van der Waals surface area contributed by atoms with Crippen LogP contribution in [0.5, 0.6) is 0 Å². The zero-order valence-corrected chi connectivity index (χ0v) is 15.3. The highest BCUT2D eigenvalue weighted by Gasteiger charge is 2.11. The molecule has 27 heavy (non-hydrogen) atoms. The Morgan fingerprint density at radius 1 is 0.963 bits per heavy atom. The highest BCUT2D eigenvalue weighted by molar-refractivity contribution is 7.99. The highest BCUT2D eigenvalue weighted by Crippen LogP contribution is 2.23. The van der Waals surface area contributed by atoms with Crippen LogP contribution in [0.15, 0.2) is 78.0 Å². The van der Waals surface area contributed by atoms with Crippen LogP contribution >= 0.6 is 11.8 Å². The van der Waals surface area contributed by atoms with Gasteiger partial charge in [-0.1, -0.05) is 78.5 Å². The maximum absolute atomic E-state index is 12.4. The largest absolute Gasteiger partial charge is 0.325 e. The number of benzene rings is 3. The summed E-state index contributed by atoms with van der Waals surface area (Å²) in [6, 6.07) is 23.8. The van der Waals surface area contributed by atoms with E-state index in [-0.39, 0.29) is 11.7 Å². The van der Waals surface area contributed by atoms with Gasteiger partial charge >= 0.3 is 0 Å². The number of anilines is 1. The van der Waals surface area contributed by atoms with Gasteiger partial charge in [-0.25, -0.2) is 4.68 Å². The van der Waals surface area contributed by atoms with Crippen molar-refractivity contribution in [2.24, 2.45) is 0 Å². The predicted octanol–water partition coefficient (Wildman–Crippen LogP) is 3.61. The van der Waals surface area contributed by atoms with E-state index in [0.717, 1.165) is 22.0 Å². The van der Waals surface area contributed by atoms with E-state index in [1.807, 2.05) is 72.8 Å². The van der Waals surface area contributed by atoms with Gasteiger partial charge in [-0.15, -0.1) is 5.10 Å². The van der Waals surface area contributed by atoms with Crippen LogP contribution in [0, 0.1) is 0 Å². The molecule has 7 heteroatoms. The lowest BCUT2D eigenvalue weighted by atomic mass is 10.1. The molecule has 0 atom stereocenters. The number of carbonyl (C=O) groups excluding carboxylic acids is 1. The van der Waals surface area contributed by atoms with Crippen molar-refractivity contribution >= 4 is 34.1 Å². The Bertz CT molecular complexity index is 1060. The molecule has 0 unspecified atom stereocenters. The topological polar surface area (TPSA) is 72.7 Å². The number of hydrogen-bond acceptors (Lipinski definition) is 5. The second kappa shape index (κ2) is 8.01. The van der Waals surface area contributed by atoms with Crippen LogP contribution in [0.3, 0.4) is 0 Å². The smallest absolute Gasteiger partial charge is 0.234 e. The van der Waals surface area contributed by atoms with E-state index < -0.39 is 0 Å². The number of carbonyl (C=O) groups is 1. The average Bonchev–Trinajstić information content (AvgIpc) is 3.14. The van der Waals surface area contributed by atoms with Crippen LogP contribution in [-0.4, -0.2) is 31.9 Å². The zero-order valence-electron chi connectivity index (χ0n) is 14.4. The van der Waals surface area contributed by atoms with E-state index in [9.17, 15) is 4.79 Å². The number of hydrogen-bond donors (Lipinski definition) is 1. The maximum Gasteiger partial charge on any atom is 0.234 e. The molecule has 6 nitrogen and oxygen atoms in total. The highest BCUT2D eigenvalue weighted by atomic mass is 32.2. The minimum atomic E-state index is -0.0920. The van der Waals surface area contributed by atoms with E-state index in [0.29, 0.717) is 11.7 Å². The normalized spacial score (nSPS) is 10.8. The molecule has 0 saturated carbocycles. The van der Waals surface area contributed by atoms with Crippen molar-refractivity contribution in [1.29, 1.82) is 0 Å². The van der Waals surface area contributed by atoms with Gasteiger partial charge < -0.3 is 5.32 Å². The summed E-state index contributed by atoms with van der Waals surface area (Å²) in [5.41, 5.74) is 1.91. The fourth-order valence-electron chi connectivity index (χ4n) is 2.81. The van der Waals surface area contributed by atoms with Crippen molar-refractivity contribution < 1.29 is 4.79 Å². The molecule has 1 heterocycles. The fraction of sp³-hybridized carbons (Fsp3) is 0.100. The lowest BCUT2D eigenvalue weighted by Gasteiger charge is -2.08. The molecule has 0 saturated heterocycles. The molecule has 1 amide bonds. The van der Waals surface area contributed by atoms with Crippen molar-refractivity contribution in [3.05, 3.63) is 78.4 Å². The SMILES string of the molecule is O=C(CSc1nnnn1Cc1ccccc1)Nc1cccc2ccccc12. The molecular weight excluding hydrogens is 358 g/mol. The molecule has 134 valence electrons. The van der Waals surface area contributed by atoms with Crippen LogP contribution in [0.4, 0.5) is 5.69 Å². The Hall–Kier alpha value is -3.19. The Labute approximate surface area is 160 Å². The molecule has 0 bridgehead atoms. The van der Waals surface area contributed by atoms with Crippen LogP contribution in [0.25, 0.3) is 10.8 Å². The third kappa shape index (κ3) is 4.15. The van der Waals surface area contributed by atoms with E-state index >= 15 is 0 Å². The Morgan fingerprint density at radius 2 is 1.74 bits per heavy atom. The molecule has 0 aliphatic carbocycles. The lowest BCUT2D eigenvalue weighted by molar-refractivity contribution is -0.113. The zero-order chi connectivity index (χ0) is 18.5. The number of aromatic nitrogens is 4. The fourth-order valence-corrected chi connectivity index (χ4v) is 3.48. The van der Waals surface area contributed by atoms with Crippen LogP contribution in [0.2, 0.25) is 0 Å². The first-order valence-electron chi connectivity index (χ1n) is 8.50. The van der Waals surface area contributed by atoms with Crippen molar-refractivity contribution in [3.63, 3.8) is 0 Å². The van der Waals surface area contributed by atoms with E-state index in [2.05, 4.69) is 20.8 Å². The molecule has 0 aliphatic heterocycles. The van der Waals surface area contributed by atoms with Gasteiger partial charge in [-0.3, -0.25) is 4.79 Å². The van der Waals surface area contributed by atoms with Crippen LogP contribution < -0.4 is 5.32 Å². The number of amides is 1. The molecule has 3 aromatic carbocycles. The van der Waals surface area contributed by atoms with Crippen LogP contribution in [-0.2, 0) is 11.3 Å². The van der Waals surface area contributed by atoms with Crippen molar-refractivity contribution in [1.82, 2.24) is 20.2 Å². The quantitative estimate of drug-likeness (QED) is 0.521. The summed E-state index contributed by atoms with van der Waals surface area (Å²) in [5.74, 6) is 0.142. The standard InChI is InChI=1S/C20H17N5OS/c26-19(21-18-12-6-10-16-9-4-5-11-17(16)18)14-27-20-22-23-24-25(20)13-15-7-2-1-3-8-15/h1-12H,13-14H2,(H,21,26). The van der Waals surface area contributed by atoms with Gasteiger partial charge in [0.2, 0.25) is 11.1 Å². The summed E-state index contributed by atoms with van der Waals surface area (Å²) in [6.45, 7) is 0.571. The minimum Gasteiger partial charge on any atom is -0.325 e. The van der Waals surface area contributed by atoms with Crippen LogP contribution in [0.1, 0.15) is 5.56 Å². The number of fused-ring (bicyclic) bond motifs is 1. The number of thioether (sulfide) groups is 1. The summed E-state index contributed by atoms with van der Waals surface area (Å²) in [4.78, 5) is 12.4. The third-order valence-electron chi connectivity index (χ3n) is 4.07. The molecule has 0 fully saturated rings. The van der Waals surface area contributed by atoms with E-state index in [1.54, 1.807) is 4.68 Å². The lowest BCUT2D eigenvalue weighted by Crippen LogP contribution is -2.15. The number of rotatable bonds is 6. The van der Waals surface area contributed by atoms with Gasteiger partial charge in [-0.2, -0.15) is 0 Å². The van der Waals surface area contributed by atoms with Gasteiger partial charge in [0.05, 0.1) is 12.3 Å². The molecule has 0 radical (unpaired) electrons. The number of nitrogens with one attached hydrogen (secondary N) is 1. The summed E-state index contributed by atoms with van der Waals surface area (Å²) in [7, 11) is 0. The first-order chi connectivity index (χ1) is 13.3. The molecule has 4 rings (SSSR count). The maximum atomic E-state index is 12.4. The first-order valence-corrected chi connectivity index (χ1v) is 9.49. The summed E-state index contributed by atoms with van der Waals surface area (Å²) >= 11 is 1.32. The third-order valence-corrected chi connectivity index (χ3v) is 5.03. The van der Waals surface area contributed by atoms with Gasteiger partial charge in [0.1, 0.15) is 0 Å². The van der Waals surface area contributed by atoms with Gasteiger partial charge in [0.25, 0.3) is 0 Å². The summed E-state index contributed by atoms with van der Waals surface area (Å²) < 4.78 is 1.70. The van der Waals surface area contributed by atoms with Gasteiger partial charge in [-0.05, 0) is 27.4 Å². The second-order valence-electron chi connectivity index (χ2n) is 5.97. The Kier molecular flexibility index (Phi) is 5.11. The van der Waals surface area contributed by atoms with Crippen molar-refractivity contribution in [2.75, 3.05) is 11.1 Å². The van der Waals surface area contributed by atoms with E-state index in [1.165, 1.54) is 11.8 Å². The Balaban J connectivity index is 1.41. The first kappa shape index (κ1) is 17.2. The summed E-state index contributed by atoms with van der Waals surface area (Å²) in [6.07, 6.45) is 0. The van der Waals surface area contributed by atoms with Crippen molar-refractivity contribution in [2.45, 2.75) is 11.7 Å². The number of tetrazole rings is 1. The average molecular weight is 375 g/mol. The van der Waals surface area contributed by atoms with Gasteiger partial charge in [0.15, 0.2) is 0 Å². The monoisotopic (exact) mass is 375 g/mol. The minimum absolute atomic E-state index is 0.0920. The molecule has 1 N–H and O–H groups in total. The molecule has 1 aromatic heterocycles. The Morgan fingerprint density at radius 3 is 2.63 bits per heavy atom. The number of nitrogens with zero attached hydrogens (tertiary/aromatic N) is 4. The second-order valence-corrected chi connectivity index (χ2v) is 6.91. The van der Waals surface area contributed by atoms with Crippen molar-refractivity contribution in [3.8, 4) is 0 Å². The molecule has 0 aliphatic rings. The van der Waals surface area contributed by atoms with Gasteiger partial charge in [0, 0.05) is 11.1 Å². The molecule has 4 aromatic rings. The predicted molar refractivity (Wildman–Crippen MR) is 107 cm³/mol.